The Hall–Kier alpha value is -2.24. The van der Waals surface area contributed by atoms with Crippen LogP contribution in [0.2, 0.25) is 0 Å². The van der Waals surface area contributed by atoms with Gasteiger partial charge in [0.1, 0.15) is 0 Å². The van der Waals surface area contributed by atoms with Crippen LogP contribution in [0, 0.1) is 6.92 Å². The van der Waals surface area contributed by atoms with Crippen molar-refractivity contribution in [1.82, 2.24) is 9.71 Å². The van der Waals surface area contributed by atoms with E-state index in [9.17, 15) is 10.0 Å². The molecule has 6 nitrogen and oxygen atoms in total. The minimum atomic E-state index is -1.23. The van der Waals surface area contributed by atoms with E-state index in [-0.39, 0.29) is 5.69 Å². The summed E-state index contributed by atoms with van der Waals surface area (Å²) >= 11 is 0. The Labute approximate surface area is 84.4 Å². The molecule has 2 rings (SSSR count). The van der Waals surface area contributed by atoms with Gasteiger partial charge in [-0.05, 0) is 13.0 Å². The Morgan fingerprint density at radius 1 is 1.60 bits per heavy atom. The second-order valence-corrected chi connectivity index (χ2v) is 2.99. The maximum absolute atomic E-state index is 10.9. The highest BCUT2D eigenvalue weighted by atomic mass is 16.5. The van der Waals surface area contributed by atoms with E-state index in [2.05, 4.69) is 4.98 Å². The number of hydrogen-bond donors (Lipinski definition) is 2. The Morgan fingerprint density at radius 3 is 2.87 bits per heavy atom. The number of nitrogens with zero attached hydrogens (tertiary/aromatic N) is 2. The molecule has 15 heavy (non-hydrogen) atoms. The molecule has 0 spiro atoms. The number of carboxylic acid groups (broad SMARTS) is 1. The summed E-state index contributed by atoms with van der Waals surface area (Å²) in [7, 11) is 0. The number of rotatable bonds is 2. The standard InChI is InChI=1S/C9H8N2O4/c1-5-8(15-4-10-5)6-2-3-11(14)7(6)9(12)13/h2-4,14H,1H3,(H,12,13). The Bertz CT molecular complexity index is 512. The molecule has 0 unspecified atom stereocenters. The van der Waals surface area contributed by atoms with E-state index in [1.54, 1.807) is 6.92 Å². The fourth-order valence-corrected chi connectivity index (χ4v) is 1.38. The molecular formula is C9H8N2O4. The molecule has 78 valence electrons. The lowest BCUT2D eigenvalue weighted by molar-refractivity contribution is 0.0645. The highest BCUT2D eigenvalue weighted by Crippen LogP contribution is 2.26. The van der Waals surface area contributed by atoms with Gasteiger partial charge in [0.2, 0.25) is 0 Å². The van der Waals surface area contributed by atoms with Gasteiger partial charge in [0.05, 0.1) is 11.3 Å². The van der Waals surface area contributed by atoms with Gasteiger partial charge in [-0.25, -0.2) is 9.78 Å². The average molecular weight is 208 g/mol. The van der Waals surface area contributed by atoms with Crippen molar-refractivity contribution in [3.8, 4) is 11.3 Å². The highest BCUT2D eigenvalue weighted by Gasteiger charge is 2.21. The molecule has 2 aromatic heterocycles. The number of aromatic carboxylic acids is 1. The van der Waals surface area contributed by atoms with Crippen LogP contribution in [0.15, 0.2) is 23.1 Å². The summed E-state index contributed by atoms with van der Waals surface area (Å²) in [6.07, 6.45) is 2.46. The van der Waals surface area contributed by atoms with Crippen LogP contribution in [-0.4, -0.2) is 26.0 Å². The summed E-state index contributed by atoms with van der Waals surface area (Å²) in [4.78, 5) is 14.7. The smallest absolute Gasteiger partial charge is 0.356 e. The molecule has 0 aliphatic carbocycles. The largest absolute Gasteiger partial charge is 0.476 e. The SMILES string of the molecule is Cc1ncoc1-c1ccn(O)c1C(=O)O. The first-order valence-electron chi connectivity index (χ1n) is 4.15. The van der Waals surface area contributed by atoms with Gasteiger partial charge in [0.25, 0.3) is 0 Å². The number of aromatic nitrogens is 2. The third-order valence-electron chi connectivity index (χ3n) is 2.06. The summed E-state index contributed by atoms with van der Waals surface area (Å²) in [5.74, 6) is -0.881. The molecule has 0 aliphatic rings. The topological polar surface area (TPSA) is 88.5 Å². The summed E-state index contributed by atoms with van der Waals surface area (Å²) in [5.41, 5.74) is 0.638. The lowest BCUT2D eigenvalue weighted by Gasteiger charge is -1.99. The predicted molar refractivity (Wildman–Crippen MR) is 48.8 cm³/mol. The molecule has 2 aromatic rings. The maximum Gasteiger partial charge on any atom is 0.356 e. The van der Waals surface area contributed by atoms with Gasteiger partial charge in [-0.1, -0.05) is 0 Å². The summed E-state index contributed by atoms with van der Waals surface area (Å²) in [5, 5.41) is 18.1. The van der Waals surface area contributed by atoms with Crippen LogP contribution in [0.1, 0.15) is 16.2 Å². The zero-order valence-corrected chi connectivity index (χ0v) is 7.84. The van der Waals surface area contributed by atoms with Crippen molar-refractivity contribution in [2.45, 2.75) is 6.92 Å². The van der Waals surface area contributed by atoms with Crippen LogP contribution in [0.4, 0.5) is 0 Å². The van der Waals surface area contributed by atoms with Gasteiger partial charge in [-0.2, -0.15) is 4.73 Å². The molecule has 2 heterocycles. The summed E-state index contributed by atoms with van der Waals surface area (Å²) < 4.78 is 5.60. The Morgan fingerprint density at radius 2 is 2.33 bits per heavy atom. The monoisotopic (exact) mass is 208 g/mol. The van der Waals surface area contributed by atoms with Crippen LogP contribution in [0.5, 0.6) is 0 Å². The molecule has 0 radical (unpaired) electrons. The van der Waals surface area contributed by atoms with Crippen LogP contribution in [-0.2, 0) is 0 Å². The minimum Gasteiger partial charge on any atom is -0.476 e. The van der Waals surface area contributed by atoms with Gasteiger partial charge >= 0.3 is 5.97 Å². The molecule has 0 saturated carbocycles. The predicted octanol–water partition coefficient (Wildman–Crippen LogP) is 1.39. The molecule has 0 atom stereocenters. The van der Waals surface area contributed by atoms with Crippen molar-refractivity contribution in [3.63, 3.8) is 0 Å². The van der Waals surface area contributed by atoms with Crippen LogP contribution >= 0.6 is 0 Å². The zero-order valence-electron chi connectivity index (χ0n) is 7.84. The van der Waals surface area contributed by atoms with E-state index in [4.69, 9.17) is 9.52 Å². The van der Waals surface area contributed by atoms with Crippen molar-refractivity contribution in [2.24, 2.45) is 0 Å². The number of oxazole rings is 1. The van der Waals surface area contributed by atoms with E-state index in [0.29, 0.717) is 21.7 Å². The van der Waals surface area contributed by atoms with Crippen molar-refractivity contribution in [1.29, 1.82) is 0 Å². The van der Waals surface area contributed by atoms with Gasteiger partial charge in [-0.15, -0.1) is 0 Å². The van der Waals surface area contributed by atoms with Crippen molar-refractivity contribution >= 4 is 5.97 Å². The van der Waals surface area contributed by atoms with E-state index in [0.717, 1.165) is 0 Å². The fraction of sp³-hybridized carbons (Fsp3) is 0.111. The average Bonchev–Trinajstić information content (AvgIpc) is 2.71. The van der Waals surface area contributed by atoms with Crippen LogP contribution in [0.3, 0.4) is 0 Å². The van der Waals surface area contributed by atoms with E-state index in [1.165, 1.54) is 18.7 Å². The number of hydrogen-bond acceptors (Lipinski definition) is 4. The van der Waals surface area contributed by atoms with E-state index in [1.807, 2.05) is 0 Å². The first-order chi connectivity index (χ1) is 7.11. The molecule has 0 aliphatic heterocycles. The lowest BCUT2D eigenvalue weighted by atomic mass is 10.1. The zero-order chi connectivity index (χ0) is 11.0. The second-order valence-electron chi connectivity index (χ2n) is 2.99. The molecule has 6 heteroatoms. The minimum absolute atomic E-state index is 0.241. The molecule has 0 bridgehead atoms. The van der Waals surface area contributed by atoms with Crippen molar-refractivity contribution in [2.75, 3.05) is 0 Å². The fourth-order valence-electron chi connectivity index (χ4n) is 1.38. The molecular weight excluding hydrogens is 200 g/mol. The number of carbonyl (C=O) groups is 1. The van der Waals surface area contributed by atoms with E-state index < -0.39 is 5.97 Å². The highest BCUT2D eigenvalue weighted by molar-refractivity contribution is 5.93. The van der Waals surface area contributed by atoms with Gasteiger partial charge in [-0.3, -0.25) is 0 Å². The third-order valence-corrected chi connectivity index (χ3v) is 2.06. The first kappa shape index (κ1) is 9.32. The van der Waals surface area contributed by atoms with Crippen molar-refractivity contribution in [3.05, 3.63) is 30.0 Å². The third kappa shape index (κ3) is 1.35. The molecule has 0 amide bonds. The summed E-state index contributed by atoms with van der Waals surface area (Å²) in [6.45, 7) is 1.69. The maximum atomic E-state index is 10.9. The first-order valence-corrected chi connectivity index (χ1v) is 4.15. The van der Waals surface area contributed by atoms with Crippen LogP contribution in [0.25, 0.3) is 11.3 Å². The van der Waals surface area contributed by atoms with Gasteiger partial charge < -0.3 is 14.7 Å². The number of carboxylic acids is 1. The number of aryl methyl sites for hydroxylation is 1. The Balaban J connectivity index is 2.64. The molecule has 0 aromatic carbocycles. The normalized spacial score (nSPS) is 10.5. The quantitative estimate of drug-likeness (QED) is 0.728. The van der Waals surface area contributed by atoms with Crippen LogP contribution < -0.4 is 0 Å². The lowest BCUT2D eigenvalue weighted by Crippen LogP contribution is -2.06. The van der Waals surface area contributed by atoms with Gasteiger partial charge in [0.15, 0.2) is 17.8 Å². The summed E-state index contributed by atoms with van der Waals surface area (Å²) in [6, 6.07) is 1.46. The van der Waals surface area contributed by atoms with Gasteiger partial charge in [0, 0.05) is 6.20 Å². The molecule has 0 fully saturated rings. The van der Waals surface area contributed by atoms with E-state index >= 15 is 0 Å². The molecule has 0 saturated heterocycles. The second kappa shape index (κ2) is 3.16. The molecule has 2 N–H and O–H groups in total. The Kier molecular flexibility index (Phi) is 1.96. The van der Waals surface area contributed by atoms with Crippen molar-refractivity contribution < 1.29 is 19.5 Å².